The first-order valence-electron chi connectivity index (χ1n) is 11.6. The Balaban J connectivity index is 1.25. The molecule has 1 atom stereocenters. The normalized spacial score (nSPS) is 23.1. The Bertz CT molecular complexity index is 796. The number of amides is 3. The second-order valence-electron chi connectivity index (χ2n) is 9.05. The first kappa shape index (κ1) is 21.7. The maximum absolute atomic E-state index is 12.8. The van der Waals surface area contributed by atoms with Crippen molar-refractivity contribution in [2.24, 2.45) is 11.8 Å². The number of piperidine rings is 1. The van der Waals surface area contributed by atoms with Gasteiger partial charge in [-0.2, -0.15) is 0 Å². The predicted molar refractivity (Wildman–Crippen MR) is 118 cm³/mol. The number of methoxy groups -OCH3 is 1. The number of carbonyl (C=O) groups excluding carboxylic acids is 3. The zero-order valence-corrected chi connectivity index (χ0v) is 18.3. The van der Waals surface area contributed by atoms with Crippen molar-refractivity contribution >= 4 is 23.4 Å². The lowest BCUT2D eigenvalue weighted by molar-refractivity contribution is -0.137. The minimum Gasteiger partial charge on any atom is -0.497 e. The summed E-state index contributed by atoms with van der Waals surface area (Å²) in [6.07, 6.45) is 7.42. The monoisotopic (exact) mass is 427 g/mol. The highest BCUT2D eigenvalue weighted by Gasteiger charge is 2.36. The maximum Gasteiger partial charge on any atom is 0.227 e. The molecule has 1 saturated carbocycles. The van der Waals surface area contributed by atoms with Crippen LogP contribution in [-0.4, -0.2) is 55.4 Å². The summed E-state index contributed by atoms with van der Waals surface area (Å²) in [4.78, 5) is 41.7. The van der Waals surface area contributed by atoms with Gasteiger partial charge in [-0.05, 0) is 49.9 Å². The summed E-state index contributed by atoms with van der Waals surface area (Å²) in [5, 5.41) is 3.13. The SMILES string of the molecule is COc1ccc(N2CC(C(=O)NC3CCN(C(=O)C4CCCCC4)CC3)CC2=O)cc1. The number of hydrogen-bond acceptors (Lipinski definition) is 4. The van der Waals surface area contributed by atoms with Crippen LogP contribution in [0.5, 0.6) is 5.75 Å². The molecule has 0 bridgehead atoms. The van der Waals surface area contributed by atoms with Gasteiger partial charge in [0, 0.05) is 43.7 Å². The first-order chi connectivity index (χ1) is 15.0. The third-order valence-corrected chi connectivity index (χ3v) is 6.99. The molecule has 3 fully saturated rings. The molecule has 0 aromatic heterocycles. The molecule has 2 heterocycles. The van der Waals surface area contributed by atoms with Crippen LogP contribution >= 0.6 is 0 Å². The van der Waals surface area contributed by atoms with E-state index < -0.39 is 0 Å². The molecular formula is C24H33N3O4. The van der Waals surface area contributed by atoms with E-state index in [9.17, 15) is 14.4 Å². The average Bonchev–Trinajstić information content (AvgIpc) is 3.21. The average molecular weight is 428 g/mol. The summed E-state index contributed by atoms with van der Waals surface area (Å²) in [6.45, 7) is 1.82. The summed E-state index contributed by atoms with van der Waals surface area (Å²) >= 11 is 0. The third-order valence-electron chi connectivity index (χ3n) is 6.99. The van der Waals surface area contributed by atoms with Gasteiger partial charge in [0.25, 0.3) is 0 Å². The van der Waals surface area contributed by atoms with Gasteiger partial charge in [-0.25, -0.2) is 0 Å². The summed E-state index contributed by atoms with van der Waals surface area (Å²) in [5.41, 5.74) is 0.788. The molecule has 1 unspecified atom stereocenters. The fraction of sp³-hybridized carbons (Fsp3) is 0.625. The first-order valence-corrected chi connectivity index (χ1v) is 11.6. The van der Waals surface area contributed by atoms with Crippen molar-refractivity contribution in [1.82, 2.24) is 10.2 Å². The molecule has 0 spiro atoms. The van der Waals surface area contributed by atoms with Crippen LogP contribution in [-0.2, 0) is 14.4 Å². The summed E-state index contributed by atoms with van der Waals surface area (Å²) in [5.74, 6) is 0.823. The Kier molecular flexibility index (Phi) is 6.78. The quantitative estimate of drug-likeness (QED) is 0.784. The zero-order chi connectivity index (χ0) is 21.8. The summed E-state index contributed by atoms with van der Waals surface area (Å²) < 4.78 is 5.17. The maximum atomic E-state index is 12.8. The molecule has 3 aliphatic rings. The van der Waals surface area contributed by atoms with E-state index in [0.29, 0.717) is 25.5 Å². The van der Waals surface area contributed by atoms with Crippen molar-refractivity contribution < 1.29 is 19.1 Å². The molecule has 1 aliphatic carbocycles. The second kappa shape index (κ2) is 9.71. The lowest BCUT2D eigenvalue weighted by atomic mass is 9.87. The number of nitrogens with zero attached hydrogens (tertiary/aromatic N) is 2. The molecule has 1 N–H and O–H groups in total. The zero-order valence-electron chi connectivity index (χ0n) is 18.3. The number of rotatable bonds is 5. The fourth-order valence-corrected chi connectivity index (χ4v) is 5.07. The minimum absolute atomic E-state index is 0.0294. The highest BCUT2D eigenvalue weighted by Crippen LogP contribution is 2.28. The molecule has 3 amide bonds. The van der Waals surface area contributed by atoms with Gasteiger partial charge >= 0.3 is 0 Å². The van der Waals surface area contributed by atoms with Gasteiger partial charge in [-0.1, -0.05) is 19.3 Å². The number of benzene rings is 1. The van der Waals surface area contributed by atoms with E-state index in [1.165, 1.54) is 6.42 Å². The van der Waals surface area contributed by atoms with E-state index >= 15 is 0 Å². The fourth-order valence-electron chi connectivity index (χ4n) is 5.07. The molecule has 1 aromatic rings. The standard InChI is InChI=1S/C24H33N3O4/c1-31-21-9-7-20(8-10-21)27-16-18(15-22(27)28)23(29)25-19-11-13-26(14-12-19)24(30)17-5-3-2-4-6-17/h7-10,17-19H,2-6,11-16H2,1H3,(H,25,29). The van der Waals surface area contributed by atoms with Crippen molar-refractivity contribution in [3.8, 4) is 5.75 Å². The van der Waals surface area contributed by atoms with Crippen molar-refractivity contribution in [3.63, 3.8) is 0 Å². The second-order valence-corrected chi connectivity index (χ2v) is 9.05. The van der Waals surface area contributed by atoms with Gasteiger partial charge in [0.2, 0.25) is 17.7 Å². The van der Waals surface area contributed by atoms with E-state index in [-0.39, 0.29) is 36.1 Å². The Morgan fingerprint density at radius 3 is 2.29 bits per heavy atom. The number of nitrogens with one attached hydrogen (secondary N) is 1. The summed E-state index contributed by atoms with van der Waals surface area (Å²) in [6, 6.07) is 7.40. The van der Waals surface area contributed by atoms with Crippen molar-refractivity contribution in [3.05, 3.63) is 24.3 Å². The van der Waals surface area contributed by atoms with Crippen molar-refractivity contribution in [2.75, 3.05) is 31.6 Å². The molecule has 1 aromatic carbocycles. The van der Waals surface area contributed by atoms with Crippen LogP contribution in [0.2, 0.25) is 0 Å². The highest BCUT2D eigenvalue weighted by atomic mass is 16.5. The predicted octanol–water partition coefficient (Wildman–Crippen LogP) is 2.74. The van der Waals surface area contributed by atoms with Crippen LogP contribution in [0.25, 0.3) is 0 Å². The number of likely N-dealkylation sites (tertiary alicyclic amines) is 1. The van der Waals surface area contributed by atoms with Crippen LogP contribution < -0.4 is 15.0 Å². The minimum atomic E-state index is -0.337. The number of hydrogen-bond donors (Lipinski definition) is 1. The topological polar surface area (TPSA) is 79.0 Å². The van der Waals surface area contributed by atoms with E-state index in [1.54, 1.807) is 12.0 Å². The Morgan fingerprint density at radius 2 is 1.65 bits per heavy atom. The van der Waals surface area contributed by atoms with Crippen LogP contribution in [0, 0.1) is 11.8 Å². The van der Waals surface area contributed by atoms with Gasteiger partial charge in [0.1, 0.15) is 5.75 Å². The lowest BCUT2D eigenvalue weighted by Crippen LogP contribution is -2.49. The van der Waals surface area contributed by atoms with Crippen LogP contribution in [0.3, 0.4) is 0 Å². The van der Waals surface area contributed by atoms with Crippen molar-refractivity contribution in [2.45, 2.75) is 57.4 Å². The Hall–Kier alpha value is -2.57. The number of anilines is 1. The van der Waals surface area contributed by atoms with E-state index in [0.717, 1.165) is 50.0 Å². The van der Waals surface area contributed by atoms with Gasteiger partial charge in [0.15, 0.2) is 0 Å². The van der Waals surface area contributed by atoms with Crippen LogP contribution in [0.4, 0.5) is 5.69 Å². The number of ether oxygens (including phenoxy) is 1. The molecular weight excluding hydrogens is 394 g/mol. The Morgan fingerprint density at radius 1 is 0.968 bits per heavy atom. The van der Waals surface area contributed by atoms with E-state index in [1.807, 2.05) is 29.2 Å². The summed E-state index contributed by atoms with van der Waals surface area (Å²) in [7, 11) is 1.60. The third kappa shape index (κ3) is 5.02. The smallest absolute Gasteiger partial charge is 0.227 e. The van der Waals surface area contributed by atoms with Crippen LogP contribution in [0.1, 0.15) is 51.4 Å². The van der Waals surface area contributed by atoms with Gasteiger partial charge in [0.05, 0.1) is 13.0 Å². The molecule has 0 radical (unpaired) electrons. The highest BCUT2D eigenvalue weighted by molar-refractivity contribution is 6.00. The Labute approximate surface area is 184 Å². The molecule has 7 nitrogen and oxygen atoms in total. The van der Waals surface area contributed by atoms with Crippen LogP contribution in [0.15, 0.2) is 24.3 Å². The molecule has 7 heteroatoms. The van der Waals surface area contributed by atoms with E-state index in [4.69, 9.17) is 4.74 Å². The molecule has 168 valence electrons. The van der Waals surface area contributed by atoms with Gasteiger partial charge < -0.3 is 19.9 Å². The van der Waals surface area contributed by atoms with E-state index in [2.05, 4.69) is 5.32 Å². The molecule has 2 saturated heterocycles. The molecule has 2 aliphatic heterocycles. The largest absolute Gasteiger partial charge is 0.497 e. The molecule has 4 rings (SSSR count). The van der Waals surface area contributed by atoms with Gasteiger partial charge in [-0.3, -0.25) is 14.4 Å². The molecule has 31 heavy (non-hydrogen) atoms. The number of carbonyl (C=O) groups is 3. The van der Waals surface area contributed by atoms with Gasteiger partial charge in [-0.15, -0.1) is 0 Å². The van der Waals surface area contributed by atoms with Crippen molar-refractivity contribution in [1.29, 1.82) is 0 Å². The lowest BCUT2D eigenvalue weighted by Gasteiger charge is -2.35.